The molecule has 0 aromatic heterocycles. The first kappa shape index (κ1) is 18.4. The van der Waals surface area contributed by atoms with Crippen LogP contribution in [-0.2, 0) is 19.8 Å². The molecule has 0 saturated carbocycles. The largest absolute Gasteiger partial charge is 0.342 e. The van der Waals surface area contributed by atoms with E-state index < -0.39 is 11.0 Å². The number of amides is 3. The zero-order chi connectivity index (χ0) is 19.1. The zero-order valence-corrected chi connectivity index (χ0v) is 15.9. The maximum absolute atomic E-state index is 13.2. The molecule has 0 unspecified atom stereocenters. The van der Waals surface area contributed by atoms with Crippen LogP contribution in [0.2, 0.25) is 0 Å². The van der Waals surface area contributed by atoms with Gasteiger partial charge in [0.15, 0.2) is 0 Å². The summed E-state index contributed by atoms with van der Waals surface area (Å²) in [5, 5.41) is 5.74. The van der Waals surface area contributed by atoms with Crippen LogP contribution >= 0.6 is 0 Å². The first-order chi connectivity index (χ1) is 12.2. The highest BCUT2D eigenvalue weighted by atomic mass is 16.2. The molecule has 1 saturated heterocycles. The fourth-order valence-corrected chi connectivity index (χ4v) is 4.57. The zero-order valence-electron chi connectivity index (χ0n) is 15.9. The Balaban J connectivity index is 2.00. The Morgan fingerprint density at radius 1 is 1.35 bits per heavy atom. The van der Waals surface area contributed by atoms with Crippen molar-refractivity contribution in [3.63, 3.8) is 0 Å². The van der Waals surface area contributed by atoms with Crippen LogP contribution in [-0.4, -0.2) is 40.7 Å². The maximum Gasteiger partial charge on any atom is 0.248 e. The second-order valence-corrected chi connectivity index (χ2v) is 7.83. The van der Waals surface area contributed by atoms with Crippen molar-refractivity contribution in [2.45, 2.75) is 64.0 Å². The van der Waals surface area contributed by atoms with Crippen LogP contribution < -0.4 is 10.6 Å². The number of nitrogens with one attached hydrogen (secondary N) is 2. The fourth-order valence-electron chi connectivity index (χ4n) is 4.57. The summed E-state index contributed by atoms with van der Waals surface area (Å²) in [4.78, 5) is 39.6. The first-order valence-corrected chi connectivity index (χ1v) is 9.25. The Morgan fingerprint density at radius 3 is 2.69 bits per heavy atom. The molecular weight excluding hydrogens is 330 g/mol. The third kappa shape index (κ3) is 2.68. The molecule has 2 aliphatic rings. The molecule has 1 aromatic carbocycles. The molecule has 140 valence electrons. The van der Waals surface area contributed by atoms with Gasteiger partial charge in [-0.2, -0.15) is 0 Å². The van der Waals surface area contributed by atoms with Crippen molar-refractivity contribution in [3.05, 3.63) is 29.8 Å². The summed E-state index contributed by atoms with van der Waals surface area (Å²) in [6.07, 6.45) is 2.21. The minimum absolute atomic E-state index is 0.0233. The van der Waals surface area contributed by atoms with Crippen LogP contribution in [0.3, 0.4) is 0 Å². The lowest BCUT2D eigenvalue weighted by Crippen LogP contribution is -2.58. The molecule has 2 heterocycles. The molecule has 1 aromatic rings. The van der Waals surface area contributed by atoms with E-state index in [1.54, 1.807) is 18.7 Å². The van der Waals surface area contributed by atoms with Gasteiger partial charge in [-0.3, -0.25) is 14.4 Å². The Morgan fingerprint density at radius 2 is 2.04 bits per heavy atom. The molecule has 6 nitrogen and oxygen atoms in total. The average molecular weight is 357 g/mol. The third-order valence-corrected chi connectivity index (χ3v) is 5.60. The number of anilines is 1. The van der Waals surface area contributed by atoms with Gasteiger partial charge in [-0.05, 0) is 38.3 Å². The molecule has 3 rings (SSSR count). The van der Waals surface area contributed by atoms with Gasteiger partial charge < -0.3 is 15.5 Å². The lowest BCUT2D eigenvalue weighted by molar-refractivity contribution is -0.141. The predicted octanol–water partition coefficient (Wildman–Crippen LogP) is 2.19. The lowest BCUT2D eigenvalue weighted by Gasteiger charge is -2.37. The monoisotopic (exact) mass is 357 g/mol. The van der Waals surface area contributed by atoms with Gasteiger partial charge in [0.1, 0.15) is 5.54 Å². The molecule has 0 radical (unpaired) electrons. The topological polar surface area (TPSA) is 78.5 Å². The summed E-state index contributed by atoms with van der Waals surface area (Å²) in [5.74, 6) is -0.404. The average Bonchev–Trinajstić information content (AvgIpc) is 3.07. The molecule has 2 atom stereocenters. The molecule has 2 N–H and O–H groups in total. The van der Waals surface area contributed by atoms with Crippen molar-refractivity contribution >= 4 is 23.4 Å². The minimum Gasteiger partial charge on any atom is -0.342 e. The Labute approximate surface area is 154 Å². The van der Waals surface area contributed by atoms with Gasteiger partial charge in [0, 0.05) is 19.2 Å². The number of rotatable bonds is 4. The van der Waals surface area contributed by atoms with Crippen LogP contribution in [0.5, 0.6) is 0 Å². The van der Waals surface area contributed by atoms with Crippen molar-refractivity contribution in [2.75, 3.05) is 11.9 Å². The van der Waals surface area contributed by atoms with Crippen molar-refractivity contribution in [1.29, 1.82) is 0 Å². The molecule has 1 spiro atoms. The smallest absolute Gasteiger partial charge is 0.248 e. The second kappa shape index (κ2) is 6.41. The number of nitrogens with zero attached hydrogens (tertiary/aromatic N) is 1. The van der Waals surface area contributed by atoms with Crippen LogP contribution in [0.15, 0.2) is 24.3 Å². The molecule has 0 bridgehead atoms. The number of carbonyl (C=O) groups excluding carboxylic acids is 3. The first-order valence-electron chi connectivity index (χ1n) is 9.25. The SMILES string of the molecule is CCC[C@@H]1N(C(=O)C(C)(C)NC(C)=O)CC[C@]12C(=O)Nc1ccccc12. The van der Waals surface area contributed by atoms with Gasteiger partial charge in [-0.1, -0.05) is 31.5 Å². The van der Waals surface area contributed by atoms with Gasteiger partial charge in [0.25, 0.3) is 0 Å². The number of carbonyl (C=O) groups is 3. The van der Waals surface area contributed by atoms with Gasteiger partial charge >= 0.3 is 0 Å². The number of para-hydroxylation sites is 1. The molecule has 3 amide bonds. The van der Waals surface area contributed by atoms with Gasteiger partial charge in [-0.15, -0.1) is 0 Å². The maximum atomic E-state index is 13.2. The Hall–Kier alpha value is -2.37. The summed E-state index contributed by atoms with van der Waals surface area (Å²) in [6.45, 7) is 7.41. The van der Waals surface area contributed by atoms with Gasteiger partial charge in [0.05, 0.1) is 11.5 Å². The van der Waals surface area contributed by atoms with E-state index in [0.717, 1.165) is 24.1 Å². The fraction of sp³-hybridized carbons (Fsp3) is 0.550. The molecular formula is C20H27N3O3. The number of likely N-dealkylation sites (tertiary alicyclic amines) is 1. The van der Waals surface area contributed by atoms with Crippen LogP contribution in [0.4, 0.5) is 5.69 Å². The van der Waals surface area contributed by atoms with Crippen LogP contribution in [0.1, 0.15) is 52.5 Å². The van der Waals surface area contributed by atoms with E-state index in [1.165, 1.54) is 6.92 Å². The van der Waals surface area contributed by atoms with Crippen LogP contribution in [0, 0.1) is 0 Å². The molecule has 26 heavy (non-hydrogen) atoms. The molecule has 0 aliphatic carbocycles. The second-order valence-electron chi connectivity index (χ2n) is 7.83. The van der Waals surface area contributed by atoms with E-state index >= 15 is 0 Å². The number of benzene rings is 1. The third-order valence-electron chi connectivity index (χ3n) is 5.60. The van der Waals surface area contributed by atoms with Gasteiger partial charge in [0.2, 0.25) is 17.7 Å². The molecule has 6 heteroatoms. The molecule has 1 fully saturated rings. The highest BCUT2D eigenvalue weighted by molar-refractivity contribution is 6.08. The Kier molecular flexibility index (Phi) is 4.54. The summed E-state index contributed by atoms with van der Waals surface area (Å²) in [7, 11) is 0. The van der Waals surface area contributed by atoms with E-state index in [1.807, 2.05) is 24.3 Å². The van der Waals surface area contributed by atoms with Crippen molar-refractivity contribution in [1.82, 2.24) is 10.2 Å². The molecule has 2 aliphatic heterocycles. The van der Waals surface area contributed by atoms with Crippen molar-refractivity contribution in [3.8, 4) is 0 Å². The Bertz CT molecular complexity index is 758. The number of fused-ring (bicyclic) bond motifs is 2. The van der Waals surface area contributed by atoms with Crippen LogP contribution in [0.25, 0.3) is 0 Å². The standard InChI is InChI=1S/C20H27N3O3/c1-5-8-16-20(14-9-6-7-10-15(14)21-17(20)25)11-12-23(16)18(26)19(3,4)22-13(2)24/h6-7,9-10,16H,5,8,11-12H2,1-4H3,(H,21,25)(H,22,24)/t16-,20+/m0/s1. The lowest BCUT2D eigenvalue weighted by atomic mass is 9.73. The van der Waals surface area contributed by atoms with E-state index in [-0.39, 0.29) is 23.8 Å². The normalized spacial score (nSPS) is 24.5. The summed E-state index contributed by atoms with van der Waals surface area (Å²) < 4.78 is 0. The summed E-state index contributed by atoms with van der Waals surface area (Å²) >= 11 is 0. The summed E-state index contributed by atoms with van der Waals surface area (Å²) in [6, 6.07) is 7.54. The predicted molar refractivity (Wildman–Crippen MR) is 99.7 cm³/mol. The highest BCUT2D eigenvalue weighted by Gasteiger charge is 2.59. The van der Waals surface area contributed by atoms with E-state index in [4.69, 9.17) is 0 Å². The minimum atomic E-state index is -1.00. The number of hydrogen-bond donors (Lipinski definition) is 2. The van der Waals surface area contributed by atoms with E-state index in [0.29, 0.717) is 13.0 Å². The summed E-state index contributed by atoms with van der Waals surface area (Å²) in [5.41, 5.74) is 0.122. The van der Waals surface area contributed by atoms with E-state index in [2.05, 4.69) is 17.6 Å². The highest BCUT2D eigenvalue weighted by Crippen LogP contribution is 2.49. The van der Waals surface area contributed by atoms with Gasteiger partial charge in [-0.25, -0.2) is 0 Å². The van der Waals surface area contributed by atoms with Crippen molar-refractivity contribution in [2.24, 2.45) is 0 Å². The number of hydrogen-bond acceptors (Lipinski definition) is 3. The quantitative estimate of drug-likeness (QED) is 0.867. The van der Waals surface area contributed by atoms with E-state index in [9.17, 15) is 14.4 Å². The van der Waals surface area contributed by atoms with Crippen molar-refractivity contribution < 1.29 is 14.4 Å².